The highest BCUT2D eigenvalue weighted by atomic mass is 16.6. The first-order valence-corrected chi connectivity index (χ1v) is 9.06. The minimum absolute atomic E-state index is 0.243. The van der Waals surface area contributed by atoms with Gasteiger partial charge in [-0.15, -0.1) is 0 Å². The Labute approximate surface area is 165 Å². The van der Waals surface area contributed by atoms with Gasteiger partial charge in [-0.05, 0) is 44.0 Å². The molecule has 0 fully saturated rings. The molecule has 0 radical (unpaired) electrons. The van der Waals surface area contributed by atoms with Gasteiger partial charge >= 0.3 is 6.09 Å². The van der Waals surface area contributed by atoms with E-state index in [2.05, 4.69) is 5.32 Å². The number of amides is 1. The predicted octanol–water partition coefficient (Wildman–Crippen LogP) is 4.05. The van der Waals surface area contributed by atoms with Crippen molar-refractivity contribution in [3.8, 4) is 5.75 Å². The van der Waals surface area contributed by atoms with Crippen molar-refractivity contribution >= 4 is 12.4 Å². The molecule has 2 aromatic rings. The number of ether oxygens (including phenoxy) is 3. The summed E-state index contributed by atoms with van der Waals surface area (Å²) in [7, 11) is 1.57. The van der Waals surface area contributed by atoms with E-state index in [0.29, 0.717) is 17.6 Å². The van der Waals surface area contributed by atoms with Gasteiger partial charge in [-0.2, -0.15) is 0 Å². The molecule has 150 valence electrons. The van der Waals surface area contributed by atoms with Gasteiger partial charge in [0.25, 0.3) is 0 Å². The van der Waals surface area contributed by atoms with Gasteiger partial charge in [0.05, 0.1) is 19.8 Å². The van der Waals surface area contributed by atoms with Crippen molar-refractivity contribution in [2.45, 2.75) is 45.1 Å². The smallest absolute Gasteiger partial charge is 0.408 e. The molecule has 28 heavy (non-hydrogen) atoms. The SMILES string of the molecule is COc1ccc([C@@H](NC(=O)OC(C)(C)C)[C@@H](C=O)OCc2ccccc2)cc1. The minimum atomic E-state index is -0.888. The summed E-state index contributed by atoms with van der Waals surface area (Å²) in [5.41, 5.74) is 0.979. The molecule has 0 aliphatic heterocycles. The molecule has 0 heterocycles. The average molecular weight is 385 g/mol. The molecule has 2 aromatic carbocycles. The molecular weight excluding hydrogens is 358 g/mol. The van der Waals surface area contributed by atoms with E-state index in [4.69, 9.17) is 14.2 Å². The predicted molar refractivity (Wildman–Crippen MR) is 106 cm³/mol. The molecule has 6 heteroatoms. The number of alkyl carbamates (subject to hydrolysis) is 1. The Kier molecular flexibility index (Phi) is 7.58. The maximum atomic E-state index is 12.3. The lowest BCUT2D eigenvalue weighted by molar-refractivity contribution is -0.120. The molecular formula is C22H27NO5. The topological polar surface area (TPSA) is 73.9 Å². The first kappa shape index (κ1) is 21.4. The zero-order chi connectivity index (χ0) is 20.6. The second-order valence-corrected chi connectivity index (χ2v) is 7.29. The summed E-state index contributed by atoms with van der Waals surface area (Å²) >= 11 is 0. The molecule has 1 N–H and O–H groups in total. The van der Waals surface area contributed by atoms with Crippen LogP contribution < -0.4 is 10.1 Å². The molecule has 1 amide bonds. The Morgan fingerprint density at radius 2 is 1.71 bits per heavy atom. The van der Waals surface area contributed by atoms with Crippen LogP contribution in [0, 0.1) is 0 Å². The van der Waals surface area contributed by atoms with Gasteiger partial charge in [0, 0.05) is 0 Å². The Bertz CT molecular complexity index is 753. The molecule has 0 aliphatic carbocycles. The van der Waals surface area contributed by atoms with Gasteiger partial charge < -0.3 is 24.3 Å². The average Bonchev–Trinajstić information content (AvgIpc) is 2.67. The number of aldehydes is 1. The number of hydrogen-bond acceptors (Lipinski definition) is 5. The van der Waals surface area contributed by atoms with Gasteiger partial charge in [0.2, 0.25) is 0 Å². The molecule has 2 atom stereocenters. The minimum Gasteiger partial charge on any atom is -0.497 e. The highest BCUT2D eigenvalue weighted by molar-refractivity contribution is 5.70. The maximum Gasteiger partial charge on any atom is 0.408 e. The Morgan fingerprint density at radius 1 is 1.07 bits per heavy atom. The first-order chi connectivity index (χ1) is 13.3. The van der Waals surface area contributed by atoms with Crippen molar-refractivity contribution < 1.29 is 23.8 Å². The standard InChI is InChI=1S/C22H27NO5/c1-22(2,3)28-21(25)23-20(17-10-12-18(26-4)13-11-17)19(14-24)27-15-16-8-6-5-7-9-16/h5-14,19-20H,15H2,1-4H3,(H,23,25)/t19-,20-/m1/s1. The van der Waals surface area contributed by atoms with Crippen LogP contribution in [0.5, 0.6) is 5.75 Å². The number of methoxy groups -OCH3 is 1. The van der Waals surface area contributed by atoms with E-state index in [0.717, 1.165) is 5.56 Å². The molecule has 2 rings (SSSR count). The van der Waals surface area contributed by atoms with E-state index in [1.165, 1.54) is 0 Å². The van der Waals surface area contributed by atoms with Gasteiger partial charge in [-0.25, -0.2) is 4.79 Å². The summed E-state index contributed by atoms with van der Waals surface area (Å²) in [5, 5.41) is 2.76. The molecule has 0 aromatic heterocycles. The third-order valence-electron chi connectivity index (χ3n) is 3.90. The number of benzene rings is 2. The summed E-state index contributed by atoms with van der Waals surface area (Å²) < 4.78 is 16.3. The van der Waals surface area contributed by atoms with Crippen molar-refractivity contribution in [2.24, 2.45) is 0 Å². The van der Waals surface area contributed by atoms with Crippen LogP contribution >= 0.6 is 0 Å². The summed E-state index contributed by atoms with van der Waals surface area (Å²) in [6.07, 6.45) is -0.820. The third kappa shape index (κ3) is 6.70. The fourth-order valence-electron chi connectivity index (χ4n) is 2.58. The van der Waals surface area contributed by atoms with Gasteiger partial charge in [-0.3, -0.25) is 0 Å². The third-order valence-corrected chi connectivity index (χ3v) is 3.90. The summed E-state index contributed by atoms with van der Waals surface area (Å²) in [6.45, 7) is 5.57. The molecule has 0 aliphatic rings. The quantitative estimate of drug-likeness (QED) is 0.694. The number of carbonyl (C=O) groups is 2. The Hall–Kier alpha value is -2.86. The Balaban J connectivity index is 2.20. The highest BCUT2D eigenvalue weighted by Crippen LogP contribution is 2.23. The van der Waals surface area contributed by atoms with Crippen molar-refractivity contribution in [1.82, 2.24) is 5.32 Å². The van der Waals surface area contributed by atoms with Crippen molar-refractivity contribution in [1.29, 1.82) is 0 Å². The van der Waals surface area contributed by atoms with Gasteiger partial charge in [0.15, 0.2) is 6.29 Å². The fourth-order valence-corrected chi connectivity index (χ4v) is 2.58. The Morgan fingerprint density at radius 3 is 2.25 bits per heavy atom. The maximum absolute atomic E-state index is 12.3. The van der Waals surface area contributed by atoms with Crippen LogP contribution in [0.15, 0.2) is 54.6 Å². The lowest BCUT2D eigenvalue weighted by Gasteiger charge is -2.27. The molecule has 0 saturated heterocycles. The van der Waals surface area contributed by atoms with E-state index in [9.17, 15) is 9.59 Å². The normalized spacial score (nSPS) is 13.3. The summed E-state index contributed by atoms with van der Waals surface area (Å²) in [5.74, 6) is 0.674. The number of rotatable bonds is 8. The van der Waals surface area contributed by atoms with Crippen LogP contribution in [-0.2, 0) is 20.9 Å². The van der Waals surface area contributed by atoms with Crippen molar-refractivity contribution in [3.05, 3.63) is 65.7 Å². The molecule has 0 spiro atoms. The lowest BCUT2D eigenvalue weighted by atomic mass is 10.0. The molecule has 6 nitrogen and oxygen atoms in total. The van der Waals surface area contributed by atoms with E-state index >= 15 is 0 Å². The van der Waals surface area contributed by atoms with Crippen LogP contribution in [0.4, 0.5) is 4.79 Å². The number of nitrogens with one attached hydrogen (secondary N) is 1. The summed E-state index contributed by atoms with van der Waals surface area (Å²) in [6, 6.07) is 15.9. The van der Waals surface area contributed by atoms with Crippen molar-refractivity contribution in [2.75, 3.05) is 7.11 Å². The molecule has 0 bridgehead atoms. The van der Waals surface area contributed by atoms with Crippen LogP contribution in [-0.4, -0.2) is 31.2 Å². The number of hydrogen-bond donors (Lipinski definition) is 1. The van der Waals surface area contributed by atoms with Crippen LogP contribution in [0.2, 0.25) is 0 Å². The van der Waals surface area contributed by atoms with Gasteiger partial charge in [-0.1, -0.05) is 42.5 Å². The summed E-state index contributed by atoms with van der Waals surface area (Å²) in [4.78, 5) is 24.1. The second-order valence-electron chi connectivity index (χ2n) is 7.29. The van der Waals surface area contributed by atoms with E-state index in [-0.39, 0.29) is 6.61 Å². The van der Waals surface area contributed by atoms with E-state index in [1.807, 2.05) is 30.3 Å². The monoisotopic (exact) mass is 385 g/mol. The molecule has 0 unspecified atom stereocenters. The van der Waals surface area contributed by atoms with E-state index in [1.54, 1.807) is 52.1 Å². The molecule has 0 saturated carbocycles. The van der Waals surface area contributed by atoms with Crippen molar-refractivity contribution in [3.63, 3.8) is 0 Å². The fraction of sp³-hybridized carbons (Fsp3) is 0.364. The highest BCUT2D eigenvalue weighted by Gasteiger charge is 2.28. The first-order valence-electron chi connectivity index (χ1n) is 9.06. The lowest BCUT2D eigenvalue weighted by Crippen LogP contribution is -2.41. The van der Waals surface area contributed by atoms with Crippen LogP contribution in [0.25, 0.3) is 0 Å². The van der Waals surface area contributed by atoms with E-state index < -0.39 is 23.8 Å². The van der Waals surface area contributed by atoms with Crippen LogP contribution in [0.1, 0.15) is 37.9 Å². The van der Waals surface area contributed by atoms with Gasteiger partial charge in [0.1, 0.15) is 17.5 Å². The zero-order valence-corrected chi connectivity index (χ0v) is 16.7. The van der Waals surface area contributed by atoms with Crippen LogP contribution in [0.3, 0.4) is 0 Å². The second kappa shape index (κ2) is 9.90. The zero-order valence-electron chi connectivity index (χ0n) is 16.7. The number of carbonyl (C=O) groups excluding carboxylic acids is 2. The largest absolute Gasteiger partial charge is 0.497 e.